The highest BCUT2D eigenvalue weighted by Gasteiger charge is 2.14. The fourth-order valence-electron chi connectivity index (χ4n) is 2.33. The van der Waals surface area contributed by atoms with E-state index in [1.54, 1.807) is 36.4 Å². The molecule has 132 valence electrons. The van der Waals surface area contributed by atoms with E-state index in [0.717, 1.165) is 0 Å². The molecule has 0 fully saturated rings. The molecule has 4 N–H and O–H groups in total. The van der Waals surface area contributed by atoms with Crippen molar-refractivity contribution in [2.75, 3.05) is 10.6 Å². The van der Waals surface area contributed by atoms with Crippen molar-refractivity contribution in [2.45, 2.75) is 6.92 Å². The first-order valence-corrected chi connectivity index (χ1v) is 8.03. The molecule has 2 amide bonds. The van der Waals surface area contributed by atoms with Gasteiger partial charge in [0.05, 0.1) is 5.69 Å². The lowest BCUT2D eigenvalue weighted by molar-refractivity contribution is -0.114. The molecule has 7 nitrogen and oxygen atoms in total. The molecule has 0 saturated heterocycles. The highest BCUT2D eigenvalue weighted by atomic mass is 35.5. The van der Waals surface area contributed by atoms with Gasteiger partial charge in [-0.05, 0) is 48.5 Å². The normalized spacial score (nSPS) is 10.4. The first kappa shape index (κ1) is 17.5. The number of amides is 2. The molecule has 0 aliphatic heterocycles. The Labute approximate surface area is 154 Å². The molecule has 0 atom stereocenters. The Kier molecular flexibility index (Phi) is 4.90. The predicted molar refractivity (Wildman–Crippen MR) is 99.4 cm³/mol. The molecule has 3 aromatic rings. The number of carbonyl (C=O) groups is 2. The van der Waals surface area contributed by atoms with Crippen molar-refractivity contribution in [1.29, 1.82) is 0 Å². The highest BCUT2D eigenvalue weighted by molar-refractivity contribution is 6.31. The summed E-state index contributed by atoms with van der Waals surface area (Å²) in [6.45, 7) is 1.42. The third-order valence-electron chi connectivity index (χ3n) is 3.52. The van der Waals surface area contributed by atoms with Crippen molar-refractivity contribution in [3.63, 3.8) is 0 Å². The maximum Gasteiger partial charge on any atom is 0.273 e. The van der Waals surface area contributed by atoms with Gasteiger partial charge in [0.2, 0.25) is 5.91 Å². The molecule has 2 aromatic carbocycles. The number of phenols is 1. The summed E-state index contributed by atoms with van der Waals surface area (Å²) >= 11 is 5.93. The van der Waals surface area contributed by atoms with Crippen molar-refractivity contribution >= 4 is 34.8 Å². The minimum absolute atomic E-state index is 0.0152. The molecule has 0 saturated carbocycles. The smallest absolute Gasteiger partial charge is 0.273 e. The number of aromatic nitrogens is 2. The van der Waals surface area contributed by atoms with Gasteiger partial charge in [0.25, 0.3) is 5.91 Å². The van der Waals surface area contributed by atoms with Gasteiger partial charge in [0.15, 0.2) is 0 Å². The second-order valence-corrected chi connectivity index (χ2v) is 5.98. The van der Waals surface area contributed by atoms with Gasteiger partial charge in [0.1, 0.15) is 11.4 Å². The number of aromatic amines is 1. The number of aromatic hydroxyl groups is 1. The van der Waals surface area contributed by atoms with Crippen LogP contribution < -0.4 is 10.6 Å². The molecular weight excluding hydrogens is 356 g/mol. The molecule has 0 bridgehead atoms. The Hall–Kier alpha value is -3.32. The molecule has 1 aromatic heterocycles. The van der Waals surface area contributed by atoms with E-state index in [0.29, 0.717) is 27.7 Å². The fourth-order valence-corrected chi connectivity index (χ4v) is 2.50. The zero-order chi connectivity index (χ0) is 18.7. The van der Waals surface area contributed by atoms with Crippen molar-refractivity contribution in [2.24, 2.45) is 0 Å². The molecule has 0 spiro atoms. The third kappa shape index (κ3) is 4.01. The SMILES string of the molecule is CC(=O)Nc1ccc(NC(=O)c2cc(-c3cc(Cl)ccc3O)n[nH]2)cc1. The molecule has 3 rings (SSSR count). The number of anilines is 2. The predicted octanol–water partition coefficient (Wildman–Crippen LogP) is 3.65. The number of halogens is 1. The minimum Gasteiger partial charge on any atom is -0.507 e. The first-order valence-electron chi connectivity index (χ1n) is 7.65. The van der Waals surface area contributed by atoms with Gasteiger partial charge in [-0.1, -0.05) is 11.6 Å². The molecule has 26 heavy (non-hydrogen) atoms. The summed E-state index contributed by atoms with van der Waals surface area (Å²) in [6, 6.07) is 12.8. The average Bonchev–Trinajstić information content (AvgIpc) is 3.08. The van der Waals surface area contributed by atoms with Crippen LogP contribution in [0, 0.1) is 0 Å². The van der Waals surface area contributed by atoms with Gasteiger partial charge >= 0.3 is 0 Å². The molecule has 0 aliphatic carbocycles. The van der Waals surface area contributed by atoms with Crippen LogP contribution in [0.15, 0.2) is 48.5 Å². The minimum atomic E-state index is -0.391. The van der Waals surface area contributed by atoms with Gasteiger partial charge in [-0.2, -0.15) is 5.10 Å². The van der Waals surface area contributed by atoms with E-state index >= 15 is 0 Å². The third-order valence-corrected chi connectivity index (χ3v) is 3.76. The quantitative estimate of drug-likeness (QED) is 0.562. The van der Waals surface area contributed by atoms with Crippen molar-refractivity contribution in [3.05, 3.63) is 59.2 Å². The van der Waals surface area contributed by atoms with E-state index in [1.807, 2.05) is 0 Å². The van der Waals surface area contributed by atoms with Gasteiger partial charge < -0.3 is 15.7 Å². The number of phenolic OH excluding ortho intramolecular Hbond substituents is 1. The van der Waals surface area contributed by atoms with E-state index in [9.17, 15) is 14.7 Å². The fraction of sp³-hybridized carbons (Fsp3) is 0.0556. The van der Waals surface area contributed by atoms with Gasteiger partial charge in [-0.3, -0.25) is 14.7 Å². The average molecular weight is 371 g/mol. The Bertz CT molecular complexity index is 967. The Balaban J connectivity index is 1.74. The Morgan fingerprint density at radius 1 is 1.04 bits per heavy atom. The summed E-state index contributed by atoms with van der Waals surface area (Å²) in [5.74, 6) is -0.546. The van der Waals surface area contributed by atoms with Crippen molar-refractivity contribution in [3.8, 4) is 17.0 Å². The molecular formula is C18H15ClN4O3. The number of hydrogen-bond donors (Lipinski definition) is 4. The van der Waals surface area contributed by atoms with Crippen LogP contribution in [0.2, 0.25) is 5.02 Å². The summed E-state index contributed by atoms with van der Waals surface area (Å²) in [7, 11) is 0. The van der Waals surface area contributed by atoms with Gasteiger partial charge in [-0.25, -0.2) is 0 Å². The Morgan fingerprint density at radius 3 is 2.35 bits per heavy atom. The second-order valence-electron chi connectivity index (χ2n) is 5.54. The van der Waals surface area contributed by atoms with Crippen LogP contribution in [0.5, 0.6) is 5.75 Å². The summed E-state index contributed by atoms with van der Waals surface area (Å²) in [5.41, 5.74) is 2.25. The molecule has 1 heterocycles. The monoisotopic (exact) mass is 370 g/mol. The topological polar surface area (TPSA) is 107 Å². The summed E-state index contributed by atoms with van der Waals surface area (Å²) in [6.07, 6.45) is 0. The molecule has 8 heteroatoms. The zero-order valence-corrected chi connectivity index (χ0v) is 14.5. The van der Waals surface area contributed by atoms with Gasteiger partial charge in [0, 0.05) is 28.9 Å². The lowest BCUT2D eigenvalue weighted by Crippen LogP contribution is -2.12. The van der Waals surface area contributed by atoms with E-state index < -0.39 is 5.91 Å². The number of nitrogens with one attached hydrogen (secondary N) is 3. The van der Waals surface area contributed by atoms with Crippen LogP contribution in [0.4, 0.5) is 11.4 Å². The largest absolute Gasteiger partial charge is 0.507 e. The van der Waals surface area contributed by atoms with Crippen LogP contribution in [-0.4, -0.2) is 27.1 Å². The first-order chi connectivity index (χ1) is 12.4. The second kappa shape index (κ2) is 7.28. The van der Waals surface area contributed by atoms with E-state index in [2.05, 4.69) is 20.8 Å². The summed E-state index contributed by atoms with van der Waals surface area (Å²) in [5, 5.41) is 22.4. The number of rotatable bonds is 4. The van der Waals surface area contributed by atoms with Crippen LogP contribution in [-0.2, 0) is 4.79 Å². The van der Waals surface area contributed by atoms with Crippen molar-refractivity contribution in [1.82, 2.24) is 10.2 Å². The molecule has 0 aliphatic rings. The summed E-state index contributed by atoms with van der Waals surface area (Å²) in [4.78, 5) is 23.3. The lowest BCUT2D eigenvalue weighted by atomic mass is 10.1. The van der Waals surface area contributed by atoms with E-state index in [4.69, 9.17) is 11.6 Å². The zero-order valence-electron chi connectivity index (χ0n) is 13.7. The number of nitrogens with zero attached hydrogens (tertiary/aromatic N) is 1. The van der Waals surface area contributed by atoms with E-state index in [-0.39, 0.29) is 17.4 Å². The van der Waals surface area contributed by atoms with E-state index in [1.165, 1.54) is 19.1 Å². The van der Waals surface area contributed by atoms with Crippen LogP contribution in [0.25, 0.3) is 11.3 Å². The van der Waals surface area contributed by atoms with Gasteiger partial charge in [-0.15, -0.1) is 0 Å². The number of hydrogen-bond acceptors (Lipinski definition) is 4. The number of H-pyrrole nitrogens is 1. The van der Waals surface area contributed by atoms with Crippen LogP contribution in [0.1, 0.15) is 17.4 Å². The molecule has 0 unspecified atom stereocenters. The van der Waals surface area contributed by atoms with Crippen molar-refractivity contribution < 1.29 is 14.7 Å². The lowest BCUT2D eigenvalue weighted by Gasteiger charge is -2.05. The van der Waals surface area contributed by atoms with Crippen LogP contribution in [0.3, 0.4) is 0 Å². The maximum atomic E-state index is 12.3. The molecule has 0 radical (unpaired) electrons. The maximum absolute atomic E-state index is 12.3. The number of carbonyl (C=O) groups excluding carboxylic acids is 2. The highest BCUT2D eigenvalue weighted by Crippen LogP contribution is 2.30. The standard InChI is InChI=1S/C18H15ClN4O3/c1-10(24)20-12-3-5-13(6-4-12)21-18(26)16-9-15(22-23-16)14-8-11(19)2-7-17(14)25/h2-9,25H,1H3,(H,20,24)(H,21,26)(H,22,23). The number of benzene rings is 2. The summed E-state index contributed by atoms with van der Waals surface area (Å²) < 4.78 is 0. The van der Waals surface area contributed by atoms with Crippen LogP contribution >= 0.6 is 11.6 Å². The Morgan fingerprint density at radius 2 is 1.69 bits per heavy atom.